The maximum absolute atomic E-state index is 12.8. The number of nitrogens with zero attached hydrogens (tertiary/aromatic N) is 3. The molecule has 1 amide bonds. The van der Waals surface area contributed by atoms with Crippen LogP contribution in [0.4, 0.5) is 0 Å². The Morgan fingerprint density at radius 3 is 2.75 bits per heavy atom. The van der Waals surface area contributed by atoms with E-state index in [0.717, 1.165) is 6.42 Å². The van der Waals surface area contributed by atoms with E-state index in [1.54, 1.807) is 33.7 Å². The summed E-state index contributed by atoms with van der Waals surface area (Å²) >= 11 is 0. The van der Waals surface area contributed by atoms with Gasteiger partial charge in [-0.3, -0.25) is 9.78 Å². The summed E-state index contributed by atoms with van der Waals surface area (Å²) in [7, 11) is -3.24. The third kappa shape index (κ3) is 3.32. The van der Waals surface area contributed by atoms with Crippen molar-refractivity contribution < 1.29 is 13.2 Å². The molecule has 7 heteroatoms. The first kappa shape index (κ1) is 17.4. The molecule has 2 saturated heterocycles. The van der Waals surface area contributed by atoms with Crippen molar-refractivity contribution in [2.75, 3.05) is 26.2 Å². The zero-order valence-corrected chi connectivity index (χ0v) is 15.1. The van der Waals surface area contributed by atoms with Crippen LogP contribution in [0.25, 0.3) is 0 Å². The van der Waals surface area contributed by atoms with E-state index in [4.69, 9.17) is 0 Å². The number of sulfonamides is 1. The molecule has 0 saturated carbocycles. The van der Waals surface area contributed by atoms with Crippen LogP contribution in [0, 0.1) is 11.8 Å². The van der Waals surface area contributed by atoms with Gasteiger partial charge in [-0.2, -0.15) is 0 Å². The Labute approximate surface area is 143 Å². The molecule has 0 unspecified atom stereocenters. The van der Waals surface area contributed by atoms with Crippen molar-refractivity contribution in [2.45, 2.75) is 31.9 Å². The van der Waals surface area contributed by atoms with Gasteiger partial charge in [0.05, 0.1) is 10.8 Å². The molecule has 1 aromatic heterocycles. The number of hydrogen-bond acceptors (Lipinski definition) is 4. The standard InChI is InChI=1S/C17H25N3O3S/c1-13(2)11-20-12-15-5-8-19(9-6-16(15)24(20,22)23)17(21)14-4-3-7-18-10-14/h3-4,7,10,13,15-16H,5-6,8-9,11-12H2,1-2H3/t15-,16-/m0/s1. The normalized spacial score (nSPS) is 27.0. The lowest BCUT2D eigenvalue weighted by Gasteiger charge is -2.22. The molecule has 0 radical (unpaired) electrons. The first-order valence-corrected chi connectivity index (χ1v) is 10.1. The lowest BCUT2D eigenvalue weighted by atomic mass is 10.0. The van der Waals surface area contributed by atoms with E-state index in [0.29, 0.717) is 44.1 Å². The number of aromatic nitrogens is 1. The fraction of sp³-hybridized carbons (Fsp3) is 0.647. The maximum Gasteiger partial charge on any atom is 0.255 e. The average Bonchev–Trinajstić information content (AvgIpc) is 2.70. The zero-order chi connectivity index (χ0) is 17.3. The van der Waals surface area contributed by atoms with Crippen LogP contribution in [-0.2, 0) is 10.0 Å². The van der Waals surface area contributed by atoms with Gasteiger partial charge in [-0.15, -0.1) is 0 Å². The molecule has 0 bridgehead atoms. The summed E-state index contributed by atoms with van der Waals surface area (Å²) in [6, 6.07) is 3.50. The number of likely N-dealkylation sites (tertiary alicyclic amines) is 1. The van der Waals surface area contributed by atoms with Gasteiger partial charge in [-0.25, -0.2) is 12.7 Å². The summed E-state index contributed by atoms with van der Waals surface area (Å²) in [6.45, 7) is 6.37. The molecular formula is C17H25N3O3S. The van der Waals surface area contributed by atoms with Crippen LogP contribution in [0.15, 0.2) is 24.5 Å². The molecule has 2 fully saturated rings. The van der Waals surface area contributed by atoms with Crippen molar-refractivity contribution in [2.24, 2.45) is 11.8 Å². The van der Waals surface area contributed by atoms with E-state index in [1.165, 1.54) is 0 Å². The first-order chi connectivity index (χ1) is 11.4. The minimum absolute atomic E-state index is 0.0560. The Morgan fingerprint density at radius 1 is 1.33 bits per heavy atom. The Bertz CT molecular complexity index is 690. The van der Waals surface area contributed by atoms with Gasteiger partial charge < -0.3 is 4.90 Å². The SMILES string of the molecule is CC(C)CN1C[C@@H]2CCN(C(=O)c3cccnc3)CC[C@@H]2S1(=O)=O. The van der Waals surface area contributed by atoms with E-state index >= 15 is 0 Å². The molecule has 3 heterocycles. The summed E-state index contributed by atoms with van der Waals surface area (Å²) in [6.07, 6.45) is 4.47. The Morgan fingerprint density at radius 2 is 2.08 bits per heavy atom. The summed E-state index contributed by atoms with van der Waals surface area (Å²) in [5.41, 5.74) is 0.564. The predicted octanol–water partition coefficient (Wildman–Crippen LogP) is 1.60. The first-order valence-electron chi connectivity index (χ1n) is 8.58. The molecule has 2 aliphatic heterocycles. The fourth-order valence-corrected chi connectivity index (χ4v) is 6.16. The molecule has 132 valence electrons. The number of pyridine rings is 1. The van der Waals surface area contributed by atoms with Crippen LogP contribution in [0.1, 0.15) is 37.0 Å². The molecule has 0 N–H and O–H groups in total. The van der Waals surface area contributed by atoms with Crippen LogP contribution in [0.2, 0.25) is 0 Å². The molecule has 2 atom stereocenters. The minimum Gasteiger partial charge on any atom is -0.339 e. The Balaban J connectivity index is 1.71. The summed E-state index contributed by atoms with van der Waals surface area (Å²) in [5, 5.41) is -0.344. The molecular weight excluding hydrogens is 326 g/mol. The average molecular weight is 351 g/mol. The quantitative estimate of drug-likeness (QED) is 0.829. The van der Waals surface area contributed by atoms with Crippen molar-refractivity contribution in [3.05, 3.63) is 30.1 Å². The number of carbonyl (C=O) groups is 1. The van der Waals surface area contributed by atoms with E-state index in [1.807, 2.05) is 13.8 Å². The van der Waals surface area contributed by atoms with Gasteiger partial charge in [-0.05, 0) is 36.8 Å². The highest BCUT2D eigenvalue weighted by Gasteiger charge is 2.47. The van der Waals surface area contributed by atoms with Gasteiger partial charge in [0.1, 0.15) is 0 Å². The number of hydrogen-bond donors (Lipinski definition) is 0. The molecule has 0 aromatic carbocycles. The summed E-state index contributed by atoms with van der Waals surface area (Å²) in [5.74, 6) is 0.394. The van der Waals surface area contributed by atoms with E-state index in [2.05, 4.69) is 4.98 Å². The van der Waals surface area contributed by atoms with Gasteiger partial charge in [0, 0.05) is 38.6 Å². The van der Waals surface area contributed by atoms with Gasteiger partial charge in [0.25, 0.3) is 5.91 Å². The van der Waals surface area contributed by atoms with Crippen molar-refractivity contribution in [1.82, 2.24) is 14.2 Å². The second kappa shape index (κ2) is 6.80. The molecule has 3 rings (SSSR count). The highest BCUT2D eigenvalue weighted by Crippen LogP contribution is 2.34. The van der Waals surface area contributed by atoms with Crippen LogP contribution in [-0.4, -0.2) is 59.9 Å². The second-order valence-corrected chi connectivity index (χ2v) is 9.32. The van der Waals surface area contributed by atoms with Crippen LogP contribution < -0.4 is 0 Å². The van der Waals surface area contributed by atoms with Gasteiger partial charge in [0.15, 0.2) is 0 Å². The van der Waals surface area contributed by atoms with E-state index < -0.39 is 10.0 Å². The monoisotopic (exact) mass is 351 g/mol. The molecule has 6 nitrogen and oxygen atoms in total. The van der Waals surface area contributed by atoms with Gasteiger partial charge >= 0.3 is 0 Å². The minimum atomic E-state index is -3.24. The lowest BCUT2D eigenvalue weighted by Crippen LogP contribution is -2.36. The maximum atomic E-state index is 12.8. The third-order valence-corrected chi connectivity index (χ3v) is 7.33. The highest BCUT2D eigenvalue weighted by molar-refractivity contribution is 7.90. The van der Waals surface area contributed by atoms with Crippen LogP contribution >= 0.6 is 0 Å². The van der Waals surface area contributed by atoms with E-state index in [-0.39, 0.29) is 17.1 Å². The smallest absolute Gasteiger partial charge is 0.255 e. The molecule has 0 aliphatic carbocycles. The molecule has 0 spiro atoms. The Hall–Kier alpha value is -1.47. The summed E-state index contributed by atoms with van der Waals surface area (Å²) < 4.78 is 27.2. The van der Waals surface area contributed by atoms with Crippen molar-refractivity contribution in [3.63, 3.8) is 0 Å². The predicted molar refractivity (Wildman–Crippen MR) is 92.0 cm³/mol. The van der Waals surface area contributed by atoms with Gasteiger partial charge in [0.2, 0.25) is 10.0 Å². The van der Waals surface area contributed by atoms with Crippen LogP contribution in [0.3, 0.4) is 0 Å². The number of rotatable bonds is 3. The van der Waals surface area contributed by atoms with Crippen molar-refractivity contribution in [1.29, 1.82) is 0 Å². The fourth-order valence-electron chi connectivity index (χ4n) is 3.76. The topological polar surface area (TPSA) is 70.6 Å². The summed E-state index contributed by atoms with van der Waals surface area (Å²) in [4.78, 5) is 18.3. The molecule has 1 aromatic rings. The number of carbonyl (C=O) groups excluding carboxylic acids is 1. The lowest BCUT2D eigenvalue weighted by molar-refractivity contribution is 0.0758. The molecule has 24 heavy (non-hydrogen) atoms. The van der Waals surface area contributed by atoms with Crippen LogP contribution in [0.5, 0.6) is 0 Å². The second-order valence-electron chi connectivity index (χ2n) is 7.17. The zero-order valence-electron chi connectivity index (χ0n) is 14.3. The van der Waals surface area contributed by atoms with E-state index in [9.17, 15) is 13.2 Å². The van der Waals surface area contributed by atoms with Crippen molar-refractivity contribution in [3.8, 4) is 0 Å². The molecule has 2 aliphatic rings. The van der Waals surface area contributed by atoms with Crippen molar-refractivity contribution >= 4 is 15.9 Å². The number of amides is 1. The van der Waals surface area contributed by atoms with Gasteiger partial charge in [-0.1, -0.05) is 13.8 Å². The highest BCUT2D eigenvalue weighted by atomic mass is 32.2. The Kier molecular flexibility index (Phi) is 4.92. The number of fused-ring (bicyclic) bond motifs is 1. The third-order valence-electron chi connectivity index (χ3n) is 4.92. The largest absolute Gasteiger partial charge is 0.339 e.